The highest BCUT2D eigenvalue weighted by molar-refractivity contribution is 14.1. The summed E-state index contributed by atoms with van der Waals surface area (Å²) in [6, 6.07) is 1.85. The van der Waals surface area contributed by atoms with Crippen molar-refractivity contribution in [3.8, 4) is 0 Å². The summed E-state index contributed by atoms with van der Waals surface area (Å²) in [6.07, 6.45) is 1.66. The fourth-order valence-corrected chi connectivity index (χ4v) is 2.66. The smallest absolute Gasteiger partial charge is 0.252 e. The van der Waals surface area contributed by atoms with Gasteiger partial charge >= 0.3 is 0 Å². The highest BCUT2D eigenvalue weighted by atomic mass is 127. The minimum Gasteiger partial charge on any atom is -0.384 e. The number of aromatic nitrogens is 2. The van der Waals surface area contributed by atoms with E-state index in [2.05, 4.69) is 33.0 Å². The van der Waals surface area contributed by atoms with Gasteiger partial charge in [-0.15, -0.1) is 11.3 Å². The Hall–Kier alpha value is -1.09. The van der Waals surface area contributed by atoms with Crippen LogP contribution in [0.25, 0.3) is 0 Å². The lowest BCUT2D eigenvalue weighted by Gasteiger charge is -2.03. The first-order chi connectivity index (χ1) is 8.08. The molecule has 0 aliphatic heterocycles. The Labute approximate surface area is 116 Å². The second-order valence-electron chi connectivity index (χ2n) is 3.50. The van der Waals surface area contributed by atoms with Crippen LogP contribution in [-0.2, 0) is 13.6 Å². The van der Waals surface area contributed by atoms with E-state index in [-0.39, 0.29) is 5.91 Å². The van der Waals surface area contributed by atoms with Crippen molar-refractivity contribution in [2.24, 2.45) is 7.05 Å². The number of hydrogen-bond donors (Lipinski definition) is 2. The molecular formula is C10H11IN4OS. The number of carbonyl (C=O) groups excluding carboxylic acids is 1. The monoisotopic (exact) mass is 362 g/mol. The van der Waals surface area contributed by atoms with Crippen LogP contribution in [0.4, 0.5) is 5.82 Å². The van der Waals surface area contributed by atoms with Gasteiger partial charge < -0.3 is 11.1 Å². The van der Waals surface area contributed by atoms with Gasteiger partial charge in [-0.3, -0.25) is 9.48 Å². The topological polar surface area (TPSA) is 72.9 Å². The number of aryl methyl sites for hydroxylation is 1. The quantitative estimate of drug-likeness (QED) is 0.815. The van der Waals surface area contributed by atoms with Crippen molar-refractivity contribution >= 4 is 45.7 Å². The van der Waals surface area contributed by atoms with Crippen molar-refractivity contribution < 1.29 is 4.79 Å². The molecule has 90 valence electrons. The Morgan fingerprint density at radius 3 is 3.00 bits per heavy atom. The van der Waals surface area contributed by atoms with E-state index in [1.165, 1.54) is 0 Å². The fraction of sp³-hybridized carbons (Fsp3) is 0.200. The minimum absolute atomic E-state index is 0.0904. The summed E-state index contributed by atoms with van der Waals surface area (Å²) in [5.41, 5.74) is 7.29. The third kappa shape index (κ3) is 2.78. The van der Waals surface area contributed by atoms with Crippen LogP contribution in [-0.4, -0.2) is 15.7 Å². The predicted molar refractivity (Wildman–Crippen MR) is 75.8 cm³/mol. The molecule has 0 spiro atoms. The lowest BCUT2D eigenvalue weighted by atomic mass is 10.3. The summed E-state index contributed by atoms with van der Waals surface area (Å²) >= 11 is 3.73. The van der Waals surface area contributed by atoms with Gasteiger partial charge in [-0.05, 0) is 28.7 Å². The van der Waals surface area contributed by atoms with Crippen molar-refractivity contribution in [3.63, 3.8) is 0 Å². The van der Waals surface area contributed by atoms with Crippen LogP contribution >= 0.6 is 33.9 Å². The van der Waals surface area contributed by atoms with Gasteiger partial charge in [0.05, 0.1) is 14.6 Å². The van der Waals surface area contributed by atoms with Crippen molar-refractivity contribution in [2.45, 2.75) is 6.54 Å². The summed E-state index contributed by atoms with van der Waals surface area (Å²) in [6.45, 7) is 0.394. The van der Waals surface area contributed by atoms with Gasteiger partial charge in [0.2, 0.25) is 0 Å². The number of rotatable bonds is 3. The third-order valence-corrected chi connectivity index (χ3v) is 4.12. The molecule has 2 heterocycles. The number of nitrogens with two attached hydrogens (primary N) is 1. The largest absolute Gasteiger partial charge is 0.384 e. The lowest BCUT2D eigenvalue weighted by molar-refractivity contribution is 0.0951. The summed E-state index contributed by atoms with van der Waals surface area (Å²) in [4.78, 5) is 11.8. The molecule has 0 radical (unpaired) electrons. The number of nitrogens with zero attached hydrogens (tertiary/aromatic N) is 2. The molecule has 17 heavy (non-hydrogen) atoms. The molecular weight excluding hydrogens is 351 g/mol. The standard InChI is InChI=1S/C10H11IN4OS/c1-15-9(12)7(4-14-15)3-13-10(16)6-2-8(11)17-5-6/h2,4-5H,3,12H2,1H3,(H,13,16). The second kappa shape index (κ2) is 5.05. The number of nitrogen functional groups attached to an aromatic ring is 1. The molecule has 0 aromatic carbocycles. The maximum atomic E-state index is 11.8. The van der Waals surface area contributed by atoms with Gasteiger partial charge in [0.15, 0.2) is 0 Å². The zero-order chi connectivity index (χ0) is 12.4. The number of anilines is 1. The van der Waals surface area contributed by atoms with Gasteiger partial charge in [-0.25, -0.2) is 0 Å². The number of hydrogen-bond acceptors (Lipinski definition) is 4. The minimum atomic E-state index is -0.0904. The summed E-state index contributed by atoms with van der Waals surface area (Å²) in [7, 11) is 1.77. The number of amides is 1. The number of halogens is 1. The first kappa shape index (κ1) is 12.4. The van der Waals surface area contributed by atoms with E-state index in [9.17, 15) is 4.79 Å². The number of carbonyl (C=O) groups is 1. The fourth-order valence-electron chi connectivity index (χ4n) is 1.34. The van der Waals surface area contributed by atoms with E-state index in [0.29, 0.717) is 17.9 Å². The average Bonchev–Trinajstić information content (AvgIpc) is 2.86. The van der Waals surface area contributed by atoms with Crippen LogP contribution in [0.15, 0.2) is 17.6 Å². The Kier molecular flexibility index (Phi) is 3.67. The SMILES string of the molecule is Cn1ncc(CNC(=O)c2csc(I)c2)c1N. The molecule has 7 heteroatoms. The van der Waals surface area contributed by atoms with E-state index >= 15 is 0 Å². The molecule has 2 rings (SSSR count). The molecule has 3 N–H and O–H groups in total. The van der Waals surface area contributed by atoms with Crippen LogP contribution in [0, 0.1) is 2.88 Å². The maximum absolute atomic E-state index is 11.8. The Morgan fingerprint density at radius 2 is 2.47 bits per heavy atom. The highest BCUT2D eigenvalue weighted by Crippen LogP contribution is 2.16. The summed E-state index contributed by atoms with van der Waals surface area (Å²) in [5.74, 6) is 0.484. The molecule has 0 atom stereocenters. The summed E-state index contributed by atoms with van der Waals surface area (Å²) < 4.78 is 2.67. The molecule has 0 saturated carbocycles. The second-order valence-corrected chi connectivity index (χ2v) is 6.31. The normalized spacial score (nSPS) is 10.5. The van der Waals surface area contributed by atoms with E-state index in [0.717, 1.165) is 8.45 Å². The van der Waals surface area contributed by atoms with E-state index in [1.807, 2.05) is 11.4 Å². The maximum Gasteiger partial charge on any atom is 0.252 e. The molecule has 5 nitrogen and oxygen atoms in total. The van der Waals surface area contributed by atoms with Gasteiger partial charge in [0.1, 0.15) is 5.82 Å². The lowest BCUT2D eigenvalue weighted by Crippen LogP contribution is -2.22. The molecule has 0 bridgehead atoms. The predicted octanol–water partition coefficient (Wildman–Crippen LogP) is 1.60. The molecule has 0 fully saturated rings. The number of thiophene rings is 1. The average molecular weight is 362 g/mol. The Balaban J connectivity index is 1.99. The van der Waals surface area contributed by atoms with Crippen LogP contribution in [0.5, 0.6) is 0 Å². The molecule has 0 saturated heterocycles. The first-order valence-electron chi connectivity index (χ1n) is 4.86. The van der Waals surface area contributed by atoms with E-state index < -0.39 is 0 Å². The van der Waals surface area contributed by atoms with Crippen molar-refractivity contribution in [3.05, 3.63) is 31.7 Å². The van der Waals surface area contributed by atoms with Crippen LogP contribution in [0.2, 0.25) is 0 Å². The third-order valence-electron chi connectivity index (χ3n) is 2.33. The van der Waals surface area contributed by atoms with Crippen molar-refractivity contribution in [1.82, 2.24) is 15.1 Å². The summed E-state index contributed by atoms with van der Waals surface area (Å²) in [5, 5.41) is 8.66. The van der Waals surface area contributed by atoms with Crippen LogP contribution in [0.3, 0.4) is 0 Å². The van der Waals surface area contributed by atoms with Gasteiger partial charge in [0.25, 0.3) is 5.91 Å². The molecule has 0 aliphatic rings. The zero-order valence-electron chi connectivity index (χ0n) is 9.11. The van der Waals surface area contributed by atoms with E-state index in [4.69, 9.17) is 5.73 Å². The zero-order valence-corrected chi connectivity index (χ0v) is 12.1. The molecule has 0 unspecified atom stereocenters. The number of nitrogens with one attached hydrogen (secondary N) is 1. The van der Waals surface area contributed by atoms with Gasteiger partial charge in [0, 0.05) is 24.5 Å². The van der Waals surface area contributed by atoms with Crippen molar-refractivity contribution in [2.75, 3.05) is 5.73 Å². The van der Waals surface area contributed by atoms with Gasteiger partial charge in [-0.1, -0.05) is 0 Å². The van der Waals surface area contributed by atoms with Crippen LogP contribution < -0.4 is 11.1 Å². The molecule has 2 aromatic heterocycles. The highest BCUT2D eigenvalue weighted by Gasteiger charge is 2.09. The first-order valence-corrected chi connectivity index (χ1v) is 6.82. The van der Waals surface area contributed by atoms with Gasteiger partial charge in [-0.2, -0.15) is 5.10 Å². The molecule has 1 amide bonds. The van der Waals surface area contributed by atoms with E-state index in [1.54, 1.807) is 29.3 Å². The Morgan fingerprint density at radius 1 is 1.71 bits per heavy atom. The Bertz CT molecular complexity index is 548. The van der Waals surface area contributed by atoms with Crippen molar-refractivity contribution in [1.29, 1.82) is 0 Å². The molecule has 0 aliphatic carbocycles. The molecule has 2 aromatic rings. The van der Waals surface area contributed by atoms with Crippen LogP contribution in [0.1, 0.15) is 15.9 Å².